The van der Waals surface area contributed by atoms with Gasteiger partial charge in [-0.2, -0.15) is 5.26 Å². The Morgan fingerprint density at radius 2 is 2.06 bits per heavy atom. The van der Waals surface area contributed by atoms with Gasteiger partial charge in [-0.3, -0.25) is 14.6 Å². The number of rotatable bonds is 9. The lowest BCUT2D eigenvalue weighted by molar-refractivity contribution is -0.152. The molecule has 8 nitrogen and oxygen atoms in total. The van der Waals surface area contributed by atoms with Gasteiger partial charge in [0.15, 0.2) is 12.2 Å². The van der Waals surface area contributed by atoms with Crippen LogP contribution in [0.3, 0.4) is 0 Å². The second kappa shape index (κ2) is 11.8. The fourth-order valence-corrected chi connectivity index (χ4v) is 3.00. The summed E-state index contributed by atoms with van der Waals surface area (Å²) in [5.41, 5.74) is 2.77. The highest BCUT2D eigenvalue weighted by Crippen LogP contribution is 2.25. The maximum atomic E-state index is 12.2. The molecule has 164 valence electrons. The van der Waals surface area contributed by atoms with E-state index in [1.165, 1.54) is 11.9 Å². The number of unbranched alkanes of at least 4 members (excludes halogenated alkanes) is 1. The van der Waals surface area contributed by atoms with Crippen LogP contribution in [-0.4, -0.2) is 57.7 Å². The van der Waals surface area contributed by atoms with Crippen molar-refractivity contribution < 1.29 is 19.8 Å². The maximum absolute atomic E-state index is 12.2. The average molecular weight is 425 g/mol. The summed E-state index contributed by atoms with van der Waals surface area (Å²) in [5.74, 6) is -1.56. The molecule has 2 unspecified atom stereocenters. The third kappa shape index (κ3) is 6.60. The smallest absolute Gasteiger partial charge is 0.254 e. The molecule has 1 aliphatic carbocycles. The minimum absolute atomic E-state index is 0.0206. The monoisotopic (exact) mass is 424 g/mol. The molecular weight excluding hydrogens is 396 g/mol. The lowest BCUT2D eigenvalue weighted by atomic mass is 9.99. The average Bonchev–Trinajstić information content (AvgIpc) is 3.05. The van der Waals surface area contributed by atoms with E-state index < -0.39 is 24.0 Å². The molecule has 1 aromatic heterocycles. The Balaban J connectivity index is 1.95. The second-order valence-electron chi connectivity index (χ2n) is 7.25. The van der Waals surface area contributed by atoms with Gasteiger partial charge < -0.3 is 20.4 Å². The van der Waals surface area contributed by atoms with Crippen LogP contribution < -0.4 is 5.32 Å². The highest BCUT2D eigenvalue weighted by molar-refractivity contribution is 5.90. The van der Waals surface area contributed by atoms with E-state index in [-0.39, 0.29) is 6.54 Å². The molecule has 2 amide bonds. The van der Waals surface area contributed by atoms with Gasteiger partial charge in [-0.05, 0) is 36.1 Å². The number of likely N-dealkylation sites (N-methyl/N-ethyl adjacent to an activating group) is 1. The molecule has 0 saturated carbocycles. The molecule has 31 heavy (non-hydrogen) atoms. The van der Waals surface area contributed by atoms with Crippen molar-refractivity contribution in [2.24, 2.45) is 0 Å². The number of nitrogens with one attached hydrogen (secondary N) is 1. The highest BCUT2D eigenvalue weighted by atomic mass is 16.3. The molecule has 0 aromatic carbocycles. The number of carbonyl (C=O) groups excluding carboxylic acids is 2. The van der Waals surface area contributed by atoms with Crippen molar-refractivity contribution in [1.82, 2.24) is 15.2 Å². The first kappa shape index (κ1) is 24.0. The summed E-state index contributed by atoms with van der Waals surface area (Å²) < 4.78 is 0. The number of carbonyl (C=O) groups is 2. The van der Waals surface area contributed by atoms with Crippen LogP contribution in [0.15, 0.2) is 48.2 Å². The first-order valence-corrected chi connectivity index (χ1v) is 10.2. The molecule has 0 spiro atoms. The summed E-state index contributed by atoms with van der Waals surface area (Å²) >= 11 is 0. The second-order valence-corrected chi connectivity index (χ2v) is 7.25. The zero-order chi connectivity index (χ0) is 22.8. The fraction of sp³-hybridized carbons (Fsp3) is 0.391. The van der Waals surface area contributed by atoms with Gasteiger partial charge in [0.05, 0.1) is 23.9 Å². The molecular formula is C23H28N4O4. The lowest BCUT2D eigenvalue weighted by Gasteiger charge is -2.23. The summed E-state index contributed by atoms with van der Waals surface area (Å²) in [6, 6.07) is 5.71. The van der Waals surface area contributed by atoms with Crippen molar-refractivity contribution in [2.45, 2.75) is 44.9 Å². The molecule has 1 aliphatic rings. The molecule has 0 radical (unpaired) electrons. The van der Waals surface area contributed by atoms with Gasteiger partial charge in [0, 0.05) is 19.8 Å². The van der Waals surface area contributed by atoms with E-state index >= 15 is 0 Å². The van der Waals surface area contributed by atoms with Gasteiger partial charge in [0.2, 0.25) is 0 Å². The van der Waals surface area contributed by atoms with Crippen LogP contribution in [0.1, 0.15) is 37.4 Å². The topological polar surface area (TPSA) is 127 Å². The number of aliphatic hydroxyl groups excluding tert-OH is 2. The number of nitrogens with zero attached hydrogens (tertiary/aromatic N) is 3. The van der Waals surface area contributed by atoms with Crippen molar-refractivity contribution in [3.63, 3.8) is 0 Å². The Bertz CT molecular complexity index is 912. The standard InChI is InChI=1S/C23H28N4O4/c1-3-4-12-27(2)23(31)21(29)20(28)22(30)26-15-18-11-10-17(14-25-18)19-9-7-5-6-8-16(19)13-24/h5-8,10-11,14,20-21,28-29H,3-4,9,12,15H2,1-2H3,(H,26,30). The number of hydrogen-bond acceptors (Lipinski definition) is 6. The summed E-state index contributed by atoms with van der Waals surface area (Å²) in [5, 5.41) is 31.9. The van der Waals surface area contributed by atoms with Crippen LogP contribution >= 0.6 is 0 Å². The predicted molar refractivity (Wildman–Crippen MR) is 116 cm³/mol. The molecule has 2 atom stereocenters. The van der Waals surface area contributed by atoms with E-state index in [1.54, 1.807) is 18.3 Å². The molecule has 1 aromatic rings. The van der Waals surface area contributed by atoms with Crippen LogP contribution in [0, 0.1) is 11.3 Å². The third-order valence-corrected chi connectivity index (χ3v) is 4.94. The minimum Gasteiger partial charge on any atom is -0.380 e. The van der Waals surface area contributed by atoms with Crippen LogP contribution in [0.2, 0.25) is 0 Å². The van der Waals surface area contributed by atoms with Crippen LogP contribution in [0.5, 0.6) is 0 Å². The maximum Gasteiger partial charge on any atom is 0.254 e. The Hall–Kier alpha value is -3.28. The molecule has 2 rings (SSSR count). The van der Waals surface area contributed by atoms with Crippen molar-refractivity contribution in [1.29, 1.82) is 5.26 Å². The molecule has 1 heterocycles. The summed E-state index contributed by atoms with van der Waals surface area (Å²) in [4.78, 5) is 29.9. The van der Waals surface area contributed by atoms with E-state index in [2.05, 4.69) is 16.4 Å². The van der Waals surface area contributed by atoms with E-state index in [0.29, 0.717) is 24.2 Å². The number of hydrogen-bond donors (Lipinski definition) is 3. The van der Waals surface area contributed by atoms with Crippen molar-refractivity contribution in [3.8, 4) is 6.07 Å². The van der Waals surface area contributed by atoms with E-state index in [1.807, 2.05) is 31.2 Å². The number of amides is 2. The number of aliphatic hydroxyl groups is 2. The Morgan fingerprint density at radius 1 is 1.29 bits per heavy atom. The largest absolute Gasteiger partial charge is 0.380 e. The first-order chi connectivity index (χ1) is 14.9. The molecule has 0 bridgehead atoms. The number of pyridine rings is 1. The number of aromatic nitrogens is 1. The molecule has 8 heteroatoms. The Labute approximate surface area is 182 Å². The van der Waals surface area contributed by atoms with Gasteiger partial charge in [0.1, 0.15) is 0 Å². The lowest BCUT2D eigenvalue weighted by Crippen LogP contribution is -2.50. The fourth-order valence-electron chi connectivity index (χ4n) is 3.00. The number of allylic oxidation sites excluding steroid dienone is 6. The molecule has 0 aliphatic heterocycles. The van der Waals surface area contributed by atoms with Crippen molar-refractivity contribution >= 4 is 17.4 Å². The zero-order valence-electron chi connectivity index (χ0n) is 17.8. The van der Waals surface area contributed by atoms with E-state index in [9.17, 15) is 25.1 Å². The molecule has 0 fully saturated rings. The number of nitriles is 1. The first-order valence-electron chi connectivity index (χ1n) is 10.2. The van der Waals surface area contributed by atoms with Gasteiger partial charge in [-0.25, -0.2) is 0 Å². The van der Waals surface area contributed by atoms with Crippen LogP contribution in [-0.2, 0) is 16.1 Å². The normalized spacial score (nSPS) is 15.1. The van der Waals surface area contributed by atoms with Crippen LogP contribution in [0.25, 0.3) is 5.57 Å². The van der Waals surface area contributed by atoms with Crippen molar-refractivity contribution in [3.05, 3.63) is 59.5 Å². The SMILES string of the molecule is CCCCN(C)C(=O)C(O)C(O)C(=O)NCc1ccc(C2=C(C#N)C=CC=CC2)cn1. The molecule has 3 N–H and O–H groups in total. The van der Waals surface area contributed by atoms with Gasteiger partial charge in [-0.1, -0.05) is 37.6 Å². The quantitative estimate of drug-likeness (QED) is 0.551. The van der Waals surface area contributed by atoms with Gasteiger partial charge >= 0.3 is 0 Å². The van der Waals surface area contributed by atoms with Gasteiger partial charge in [-0.15, -0.1) is 0 Å². The summed E-state index contributed by atoms with van der Waals surface area (Å²) in [6.07, 6.45) is 7.58. The predicted octanol–water partition coefficient (Wildman–Crippen LogP) is 1.47. The zero-order valence-corrected chi connectivity index (χ0v) is 17.8. The summed E-state index contributed by atoms with van der Waals surface area (Å²) in [6.45, 7) is 2.43. The Kier molecular flexibility index (Phi) is 9.13. The van der Waals surface area contributed by atoms with E-state index in [0.717, 1.165) is 24.0 Å². The molecule has 0 saturated heterocycles. The Morgan fingerprint density at radius 3 is 2.71 bits per heavy atom. The third-order valence-electron chi connectivity index (χ3n) is 4.94. The minimum atomic E-state index is -1.87. The highest BCUT2D eigenvalue weighted by Gasteiger charge is 2.32. The van der Waals surface area contributed by atoms with Crippen LogP contribution in [0.4, 0.5) is 0 Å². The summed E-state index contributed by atoms with van der Waals surface area (Å²) in [7, 11) is 1.52. The van der Waals surface area contributed by atoms with Crippen molar-refractivity contribution in [2.75, 3.05) is 13.6 Å². The van der Waals surface area contributed by atoms with E-state index in [4.69, 9.17) is 0 Å². The van der Waals surface area contributed by atoms with Gasteiger partial charge in [0.25, 0.3) is 11.8 Å².